The van der Waals surface area contributed by atoms with Crippen LogP contribution in [0.1, 0.15) is 58.0 Å². The molecule has 164 valence electrons. The molecular weight excluding hydrogens is 422 g/mol. The molecule has 0 heterocycles. The van der Waals surface area contributed by atoms with Crippen LogP contribution >= 0.6 is 11.6 Å². The van der Waals surface area contributed by atoms with Crippen molar-refractivity contribution in [2.75, 3.05) is 13.7 Å². The number of aryl methyl sites for hydroxylation is 1. The summed E-state index contributed by atoms with van der Waals surface area (Å²) in [5.41, 5.74) is 2.30. The molecule has 0 fully saturated rings. The molecule has 0 aliphatic heterocycles. The number of methoxy groups -OCH3 is 1. The summed E-state index contributed by atoms with van der Waals surface area (Å²) in [4.78, 5) is 36.1. The van der Waals surface area contributed by atoms with Gasteiger partial charge in [-0.1, -0.05) is 23.7 Å². The van der Waals surface area contributed by atoms with Crippen molar-refractivity contribution in [2.45, 2.75) is 38.7 Å². The van der Waals surface area contributed by atoms with Crippen LogP contribution in [0.5, 0.6) is 5.75 Å². The number of carbonyl (C=O) groups excluding carboxylic acids is 2. The van der Waals surface area contributed by atoms with Crippen molar-refractivity contribution in [3.8, 4) is 5.75 Å². The number of nitro groups is 1. The van der Waals surface area contributed by atoms with Crippen LogP contribution in [0, 0.1) is 16.0 Å². The van der Waals surface area contributed by atoms with E-state index in [4.69, 9.17) is 21.1 Å². The highest BCUT2D eigenvalue weighted by Crippen LogP contribution is 2.39. The molecule has 0 aromatic heterocycles. The van der Waals surface area contributed by atoms with Crippen molar-refractivity contribution in [1.82, 2.24) is 0 Å². The molecule has 8 heteroatoms. The van der Waals surface area contributed by atoms with Gasteiger partial charge >= 0.3 is 5.97 Å². The Kier molecular flexibility index (Phi) is 6.95. The van der Waals surface area contributed by atoms with Crippen molar-refractivity contribution in [3.05, 3.63) is 73.8 Å². The van der Waals surface area contributed by atoms with E-state index < -0.39 is 22.7 Å². The molecular formula is C23H24ClNO6. The first-order valence-corrected chi connectivity index (χ1v) is 10.4. The van der Waals surface area contributed by atoms with E-state index >= 15 is 0 Å². The smallest absolute Gasteiger partial charge is 0.337 e. The fourth-order valence-corrected chi connectivity index (χ4v) is 4.24. The minimum Gasteiger partial charge on any atom is -0.489 e. The highest BCUT2D eigenvalue weighted by molar-refractivity contribution is 6.32. The fourth-order valence-electron chi connectivity index (χ4n) is 4.01. The number of fused-ring (bicyclic) bond motifs is 1. The quantitative estimate of drug-likeness (QED) is 0.347. The number of halogens is 1. The van der Waals surface area contributed by atoms with Gasteiger partial charge in [0.05, 0.1) is 29.7 Å². The van der Waals surface area contributed by atoms with E-state index in [1.807, 2.05) is 13.8 Å². The lowest BCUT2D eigenvalue weighted by molar-refractivity contribution is -0.484. The largest absolute Gasteiger partial charge is 0.489 e. The van der Waals surface area contributed by atoms with Gasteiger partial charge in [-0.25, -0.2) is 4.79 Å². The molecule has 1 aliphatic carbocycles. The standard InChI is InChI=1S/C23H24ClNO6/c1-13(2)31-21-11-18-16(10-20(21)24)8-9-17(22(18)26)19(12-25(28)29)14-4-6-15(7-5-14)23(27)30-3/h4-7,10-11,13,17,19H,8-9,12H2,1-3H3. The molecule has 2 aromatic carbocycles. The first-order chi connectivity index (χ1) is 14.7. The SMILES string of the molecule is COC(=O)c1ccc(C(C[N+](=O)[O-])C2CCc3cc(Cl)c(OC(C)C)cc3C2=O)cc1. The van der Waals surface area contributed by atoms with Gasteiger partial charge in [-0.2, -0.15) is 0 Å². The Morgan fingerprint density at radius 1 is 1.26 bits per heavy atom. The molecule has 0 saturated heterocycles. The second-order valence-corrected chi connectivity index (χ2v) is 8.26. The third kappa shape index (κ3) is 5.05. The van der Waals surface area contributed by atoms with Gasteiger partial charge in [0.25, 0.3) is 0 Å². The fraction of sp³-hybridized carbons (Fsp3) is 0.391. The topological polar surface area (TPSA) is 95.7 Å². The number of nitrogens with zero attached hydrogens (tertiary/aromatic N) is 1. The van der Waals surface area contributed by atoms with E-state index in [-0.39, 0.29) is 18.4 Å². The van der Waals surface area contributed by atoms with Gasteiger partial charge in [0, 0.05) is 16.4 Å². The number of ether oxygens (including phenoxy) is 2. The van der Waals surface area contributed by atoms with Crippen LogP contribution in [0.25, 0.3) is 0 Å². The number of ketones is 1. The zero-order chi connectivity index (χ0) is 22.7. The van der Waals surface area contributed by atoms with Crippen LogP contribution in [0.3, 0.4) is 0 Å². The van der Waals surface area contributed by atoms with E-state index in [1.165, 1.54) is 7.11 Å². The lowest BCUT2D eigenvalue weighted by Crippen LogP contribution is -2.32. The highest BCUT2D eigenvalue weighted by Gasteiger charge is 2.37. The molecule has 2 atom stereocenters. The van der Waals surface area contributed by atoms with Gasteiger partial charge in [-0.3, -0.25) is 14.9 Å². The van der Waals surface area contributed by atoms with E-state index in [1.54, 1.807) is 36.4 Å². The number of benzene rings is 2. The van der Waals surface area contributed by atoms with Crippen LogP contribution in [0.2, 0.25) is 5.02 Å². The van der Waals surface area contributed by atoms with Gasteiger partial charge < -0.3 is 9.47 Å². The number of hydrogen-bond donors (Lipinski definition) is 0. The molecule has 3 rings (SSSR count). The highest BCUT2D eigenvalue weighted by atomic mass is 35.5. The van der Waals surface area contributed by atoms with E-state index in [0.29, 0.717) is 40.3 Å². The zero-order valence-electron chi connectivity index (χ0n) is 17.6. The maximum absolute atomic E-state index is 13.4. The normalized spacial score (nSPS) is 16.5. The molecule has 0 spiro atoms. The number of hydrogen-bond acceptors (Lipinski definition) is 6. The molecule has 1 aliphatic rings. The monoisotopic (exact) mass is 445 g/mol. The van der Waals surface area contributed by atoms with Crippen molar-refractivity contribution in [3.63, 3.8) is 0 Å². The van der Waals surface area contributed by atoms with Gasteiger partial charge in [-0.05, 0) is 62.1 Å². The summed E-state index contributed by atoms with van der Waals surface area (Å²) >= 11 is 6.31. The van der Waals surface area contributed by atoms with Crippen LogP contribution in [-0.4, -0.2) is 36.4 Å². The predicted molar refractivity (Wildman–Crippen MR) is 116 cm³/mol. The molecule has 0 bridgehead atoms. The predicted octanol–water partition coefficient (Wildman–Crippen LogP) is 4.72. The molecule has 7 nitrogen and oxygen atoms in total. The van der Waals surface area contributed by atoms with Crippen molar-refractivity contribution >= 4 is 23.4 Å². The first kappa shape index (κ1) is 22.7. The number of esters is 1. The summed E-state index contributed by atoms with van der Waals surface area (Å²) in [5.74, 6) is -1.40. The van der Waals surface area contributed by atoms with Crippen LogP contribution in [0.15, 0.2) is 36.4 Å². The maximum Gasteiger partial charge on any atom is 0.337 e. The third-order valence-electron chi connectivity index (χ3n) is 5.44. The summed E-state index contributed by atoms with van der Waals surface area (Å²) in [6.07, 6.45) is 0.951. The summed E-state index contributed by atoms with van der Waals surface area (Å²) < 4.78 is 10.4. The minimum atomic E-state index is -0.618. The second-order valence-electron chi connectivity index (χ2n) is 7.85. The molecule has 0 N–H and O–H groups in total. The lowest BCUT2D eigenvalue weighted by Gasteiger charge is -2.29. The summed E-state index contributed by atoms with van der Waals surface area (Å²) in [6, 6.07) is 9.82. The summed E-state index contributed by atoms with van der Waals surface area (Å²) in [5, 5.41) is 11.8. The molecule has 0 amide bonds. The van der Waals surface area contributed by atoms with E-state index in [9.17, 15) is 19.7 Å². The van der Waals surface area contributed by atoms with Gasteiger partial charge in [0.1, 0.15) is 5.75 Å². The van der Waals surface area contributed by atoms with Crippen LogP contribution in [-0.2, 0) is 11.2 Å². The Balaban J connectivity index is 1.96. The maximum atomic E-state index is 13.4. The van der Waals surface area contributed by atoms with E-state index in [2.05, 4.69) is 0 Å². The molecule has 0 radical (unpaired) electrons. The summed E-state index contributed by atoms with van der Waals surface area (Å²) in [6.45, 7) is 3.35. The van der Waals surface area contributed by atoms with Crippen molar-refractivity contribution in [1.29, 1.82) is 0 Å². The third-order valence-corrected chi connectivity index (χ3v) is 5.73. The van der Waals surface area contributed by atoms with Crippen LogP contribution in [0.4, 0.5) is 0 Å². The second kappa shape index (κ2) is 9.47. The van der Waals surface area contributed by atoms with Gasteiger partial charge in [-0.15, -0.1) is 0 Å². The molecule has 31 heavy (non-hydrogen) atoms. The number of Topliss-reactive ketones (excluding diaryl/α,β-unsaturated/α-hetero) is 1. The zero-order valence-corrected chi connectivity index (χ0v) is 18.3. The Morgan fingerprint density at radius 3 is 2.52 bits per heavy atom. The minimum absolute atomic E-state index is 0.111. The van der Waals surface area contributed by atoms with Crippen molar-refractivity contribution < 1.29 is 24.0 Å². The van der Waals surface area contributed by atoms with Gasteiger partial charge in [0.15, 0.2) is 5.78 Å². The Bertz CT molecular complexity index is 1000. The first-order valence-electron chi connectivity index (χ1n) is 10.0. The average Bonchev–Trinajstić information content (AvgIpc) is 2.73. The Morgan fingerprint density at radius 2 is 1.94 bits per heavy atom. The Hall–Kier alpha value is -2.93. The number of carbonyl (C=O) groups is 2. The lowest BCUT2D eigenvalue weighted by atomic mass is 9.73. The molecule has 2 unspecified atom stereocenters. The van der Waals surface area contributed by atoms with Crippen LogP contribution < -0.4 is 4.74 Å². The molecule has 2 aromatic rings. The van der Waals surface area contributed by atoms with Gasteiger partial charge in [0.2, 0.25) is 6.54 Å². The van der Waals surface area contributed by atoms with Crippen molar-refractivity contribution in [2.24, 2.45) is 5.92 Å². The number of rotatable bonds is 7. The average molecular weight is 446 g/mol. The Labute approximate surface area is 185 Å². The molecule has 0 saturated carbocycles. The van der Waals surface area contributed by atoms with E-state index in [0.717, 1.165) is 5.56 Å². The summed E-state index contributed by atoms with van der Waals surface area (Å²) in [7, 11) is 1.29.